The summed E-state index contributed by atoms with van der Waals surface area (Å²) in [6, 6.07) is 2.69. The molecule has 1 heterocycles. The Hall–Kier alpha value is -0.650. The molecule has 5 heteroatoms. The molecule has 0 amide bonds. The number of hydrogen-bond donors (Lipinski definition) is 1. The molecule has 0 aliphatic carbocycles. The van der Waals surface area contributed by atoms with Crippen molar-refractivity contribution in [2.24, 2.45) is 5.73 Å². The van der Waals surface area contributed by atoms with Crippen LogP contribution in [0.2, 0.25) is 0 Å². The maximum atomic E-state index is 14.0. The van der Waals surface area contributed by atoms with E-state index < -0.39 is 11.6 Å². The van der Waals surface area contributed by atoms with Gasteiger partial charge in [-0.3, -0.25) is 0 Å². The summed E-state index contributed by atoms with van der Waals surface area (Å²) in [5.41, 5.74) is 6.26. The molecule has 1 aromatic carbocycles. The van der Waals surface area contributed by atoms with Crippen molar-refractivity contribution in [2.45, 2.75) is 42.4 Å². The molecule has 0 aromatic heterocycles. The number of ether oxygens (including phenoxy) is 1. The van der Waals surface area contributed by atoms with Crippen LogP contribution in [0.3, 0.4) is 0 Å². The monoisotopic (exact) mass is 287 g/mol. The molecule has 1 unspecified atom stereocenters. The number of nitrogens with two attached hydrogens (primary N) is 1. The Kier molecular flexibility index (Phi) is 5.19. The van der Waals surface area contributed by atoms with E-state index in [1.165, 1.54) is 23.9 Å². The highest BCUT2D eigenvalue weighted by Gasteiger charge is 2.20. The third-order valence-corrected chi connectivity index (χ3v) is 4.50. The van der Waals surface area contributed by atoms with Crippen molar-refractivity contribution >= 4 is 11.8 Å². The summed E-state index contributed by atoms with van der Waals surface area (Å²) < 4.78 is 33.2. The Labute approximate surface area is 116 Å². The lowest BCUT2D eigenvalue weighted by Gasteiger charge is -2.22. The fourth-order valence-electron chi connectivity index (χ4n) is 2.18. The van der Waals surface area contributed by atoms with E-state index >= 15 is 0 Å². The van der Waals surface area contributed by atoms with Crippen molar-refractivity contribution in [3.63, 3.8) is 0 Å². The quantitative estimate of drug-likeness (QED) is 0.924. The van der Waals surface area contributed by atoms with Crippen LogP contribution in [0.5, 0.6) is 0 Å². The number of rotatable bonds is 4. The molecule has 0 saturated carbocycles. The van der Waals surface area contributed by atoms with Crippen LogP contribution in [-0.2, 0) is 11.2 Å². The summed E-state index contributed by atoms with van der Waals surface area (Å²) in [6.07, 6.45) is 2.16. The summed E-state index contributed by atoms with van der Waals surface area (Å²) >= 11 is 1.28. The van der Waals surface area contributed by atoms with E-state index in [1.807, 2.05) is 6.92 Å². The van der Waals surface area contributed by atoms with Crippen LogP contribution in [-0.4, -0.2) is 24.5 Å². The Morgan fingerprint density at radius 1 is 1.32 bits per heavy atom. The minimum Gasteiger partial charge on any atom is -0.381 e. The summed E-state index contributed by atoms with van der Waals surface area (Å²) in [6.45, 7) is 3.16. The standard InChI is InChI=1S/C14H19F2NOS/c1-9(17)6-10-7-12(15)14(13(16)8-10)19-11-2-4-18-5-3-11/h7-9,11H,2-6,17H2,1H3. The molecule has 106 valence electrons. The lowest BCUT2D eigenvalue weighted by Crippen LogP contribution is -2.19. The maximum Gasteiger partial charge on any atom is 0.140 e. The Morgan fingerprint density at radius 2 is 1.89 bits per heavy atom. The average Bonchev–Trinajstić information content (AvgIpc) is 2.34. The molecule has 1 atom stereocenters. The molecule has 1 saturated heterocycles. The van der Waals surface area contributed by atoms with Crippen LogP contribution < -0.4 is 5.73 Å². The first kappa shape index (κ1) is 14.8. The van der Waals surface area contributed by atoms with E-state index in [9.17, 15) is 8.78 Å². The molecule has 2 rings (SSSR count). The van der Waals surface area contributed by atoms with Gasteiger partial charge in [0.15, 0.2) is 0 Å². The highest BCUT2D eigenvalue weighted by atomic mass is 32.2. The minimum absolute atomic E-state index is 0.104. The van der Waals surface area contributed by atoms with Gasteiger partial charge in [-0.2, -0.15) is 0 Å². The molecule has 0 radical (unpaired) electrons. The SMILES string of the molecule is CC(N)Cc1cc(F)c(SC2CCOCC2)c(F)c1. The first-order valence-electron chi connectivity index (χ1n) is 6.54. The number of thioether (sulfide) groups is 1. The van der Waals surface area contributed by atoms with Crippen LogP contribution in [0.15, 0.2) is 17.0 Å². The van der Waals surface area contributed by atoms with Gasteiger partial charge in [-0.1, -0.05) is 0 Å². The van der Waals surface area contributed by atoms with Crippen molar-refractivity contribution in [1.29, 1.82) is 0 Å². The molecular formula is C14H19F2NOS. The smallest absolute Gasteiger partial charge is 0.140 e. The molecule has 1 fully saturated rings. The highest BCUT2D eigenvalue weighted by Crippen LogP contribution is 2.34. The zero-order chi connectivity index (χ0) is 13.8. The molecule has 1 aromatic rings. The number of halogens is 2. The zero-order valence-electron chi connectivity index (χ0n) is 11.0. The summed E-state index contributed by atoms with van der Waals surface area (Å²) in [4.78, 5) is 0.125. The molecule has 2 nitrogen and oxygen atoms in total. The summed E-state index contributed by atoms with van der Waals surface area (Å²) in [5, 5.41) is 0.233. The van der Waals surface area contributed by atoms with Gasteiger partial charge in [0.2, 0.25) is 0 Å². The van der Waals surface area contributed by atoms with E-state index in [4.69, 9.17) is 10.5 Å². The van der Waals surface area contributed by atoms with E-state index in [0.717, 1.165) is 12.8 Å². The van der Waals surface area contributed by atoms with Crippen LogP contribution in [0.4, 0.5) is 8.78 Å². The van der Waals surface area contributed by atoms with Gasteiger partial charge in [0.25, 0.3) is 0 Å². The van der Waals surface area contributed by atoms with Crippen molar-refractivity contribution in [1.82, 2.24) is 0 Å². The van der Waals surface area contributed by atoms with E-state index in [-0.39, 0.29) is 16.2 Å². The van der Waals surface area contributed by atoms with Crippen molar-refractivity contribution in [3.05, 3.63) is 29.3 Å². The van der Waals surface area contributed by atoms with E-state index in [2.05, 4.69) is 0 Å². The van der Waals surface area contributed by atoms with Gasteiger partial charge in [-0.05, 0) is 43.9 Å². The van der Waals surface area contributed by atoms with Gasteiger partial charge in [0, 0.05) is 24.5 Å². The van der Waals surface area contributed by atoms with Crippen molar-refractivity contribution < 1.29 is 13.5 Å². The van der Waals surface area contributed by atoms with Crippen molar-refractivity contribution in [3.8, 4) is 0 Å². The van der Waals surface area contributed by atoms with E-state index in [0.29, 0.717) is 25.2 Å². The fraction of sp³-hybridized carbons (Fsp3) is 0.571. The topological polar surface area (TPSA) is 35.2 Å². The third kappa shape index (κ3) is 4.16. The van der Waals surface area contributed by atoms with Crippen LogP contribution >= 0.6 is 11.8 Å². The largest absolute Gasteiger partial charge is 0.381 e. The third-order valence-electron chi connectivity index (χ3n) is 3.07. The lowest BCUT2D eigenvalue weighted by molar-refractivity contribution is 0.1000. The molecule has 0 bridgehead atoms. The van der Waals surface area contributed by atoms with Crippen LogP contribution in [0, 0.1) is 11.6 Å². The Morgan fingerprint density at radius 3 is 2.42 bits per heavy atom. The van der Waals surface area contributed by atoms with Gasteiger partial charge >= 0.3 is 0 Å². The first-order chi connectivity index (χ1) is 9.06. The Bertz CT molecular complexity index is 410. The van der Waals surface area contributed by atoms with Gasteiger partial charge < -0.3 is 10.5 Å². The van der Waals surface area contributed by atoms with Crippen LogP contribution in [0.1, 0.15) is 25.3 Å². The second-order valence-electron chi connectivity index (χ2n) is 5.00. The maximum absolute atomic E-state index is 14.0. The molecular weight excluding hydrogens is 268 g/mol. The van der Waals surface area contributed by atoms with Gasteiger partial charge in [-0.15, -0.1) is 11.8 Å². The Balaban J connectivity index is 2.11. The predicted octanol–water partition coefficient (Wildman–Crippen LogP) is 3.13. The van der Waals surface area contributed by atoms with Gasteiger partial charge in [-0.25, -0.2) is 8.78 Å². The van der Waals surface area contributed by atoms with Gasteiger partial charge in [0.05, 0.1) is 4.90 Å². The van der Waals surface area contributed by atoms with Gasteiger partial charge in [0.1, 0.15) is 11.6 Å². The van der Waals surface area contributed by atoms with Crippen molar-refractivity contribution in [2.75, 3.05) is 13.2 Å². The highest BCUT2D eigenvalue weighted by molar-refractivity contribution is 8.00. The zero-order valence-corrected chi connectivity index (χ0v) is 11.8. The number of hydrogen-bond acceptors (Lipinski definition) is 3. The molecule has 1 aliphatic rings. The molecule has 0 spiro atoms. The predicted molar refractivity (Wildman–Crippen MR) is 73.4 cm³/mol. The second-order valence-corrected chi connectivity index (χ2v) is 6.31. The average molecular weight is 287 g/mol. The first-order valence-corrected chi connectivity index (χ1v) is 7.42. The minimum atomic E-state index is -0.479. The summed E-state index contributed by atoms with van der Waals surface area (Å²) in [7, 11) is 0. The fourth-order valence-corrected chi connectivity index (χ4v) is 3.28. The lowest BCUT2D eigenvalue weighted by atomic mass is 10.1. The second kappa shape index (κ2) is 6.68. The molecule has 2 N–H and O–H groups in total. The number of benzene rings is 1. The van der Waals surface area contributed by atoms with E-state index in [1.54, 1.807) is 0 Å². The summed E-state index contributed by atoms with van der Waals surface area (Å²) in [5.74, 6) is -0.959. The van der Waals surface area contributed by atoms with Crippen LogP contribution in [0.25, 0.3) is 0 Å². The molecule has 19 heavy (non-hydrogen) atoms. The normalized spacial score (nSPS) is 18.5. The molecule has 1 aliphatic heterocycles.